The molecule has 0 aromatic carbocycles. The molecular weight excluding hydrogens is 312 g/mol. The van der Waals surface area contributed by atoms with Crippen molar-refractivity contribution in [2.75, 3.05) is 0 Å². The van der Waals surface area contributed by atoms with E-state index < -0.39 is 12.1 Å². The van der Waals surface area contributed by atoms with Gasteiger partial charge in [-0.25, -0.2) is 4.79 Å². The topological polar surface area (TPSA) is 68.3 Å². The lowest BCUT2D eigenvalue weighted by molar-refractivity contribution is -0.131. The van der Waals surface area contributed by atoms with Gasteiger partial charge in [-0.1, -0.05) is 25.0 Å². The van der Waals surface area contributed by atoms with Gasteiger partial charge in [-0.3, -0.25) is 9.78 Å². The molecule has 6 heteroatoms. The molecule has 1 saturated carbocycles. The number of hydrogen-bond acceptors (Lipinski definition) is 5. The number of thiophene rings is 1. The Morgan fingerprint density at radius 1 is 1.22 bits per heavy atom. The lowest BCUT2D eigenvalue weighted by atomic mass is 10.2. The summed E-state index contributed by atoms with van der Waals surface area (Å²) in [5.41, 5.74) is 0.438. The molecule has 3 rings (SSSR count). The van der Waals surface area contributed by atoms with Crippen LogP contribution in [0.3, 0.4) is 0 Å². The predicted molar refractivity (Wildman–Crippen MR) is 87.1 cm³/mol. The second kappa shape index (κ2) is 7.37. The molecule has 5 nitrogen and oxygen atoms in total. The second-order valence-corrected chi connectivity index (χ2v) is 6.45. The van der Waals surface area contributed by atoms with Gasteiger partial charge in [-0.05, 0) is 36.4 Å². The molecule has 120 valence electrons. The maximum absolute atomic E-state index is 12.6. The predicted octanol–water partition coefficient (Wildman–Crippen LogP) is 3.10. The van der Waals surface area contributed by atoms with Crippen LogP contribution < -0.4 is 5.32 Å². The van der Waals surface area contributed by atoms with E-state index in [1.807, 2.05) is 0 Å². The van der Waals surface area contributed by atoms with E-state index in [-0.39, 0.29) is 11.9 Å². The third-order valence-electron chi connectivity index (χ3n) is 3.84. The lowest BCUT2D eigenvalue weighted by Crippen LogP contribution is -2.38. The van der Waals surface area contributed by atoms with Crippen molar-refractivity contribution in [2.24, 2.45) is 0 Å². The zero-order valence-corrected chi connectivity index (χ0v) is 13.4. The van der Waals surface area contributed by atoms with Crippen LogP contribution in [-0.4, -0.2) is 22.9 Å². The first-order valence-electron chi connectivity index (χ1n) is 7.70. The molecule has 0 spiro atoms. The number of carbonyl (C=O) groups is 2. The first kappa shape index (κ1) is 15.7. The van der Waals surface area contributed by atoms with Gasteiger partial charge in [-0.15, -0.1) is 11.3 Å². The van der Waals surface area contributed by atoms with Crippen molar-refractivity contribution in [1.82, 2.24) is 10.3 Å². The zero-order chi connectivity index (χ0) is 16.1. The van der Waals surface area contributed by atoms with Crippen LogP contribution in [0.15, 0.2) is 41.9 Å². The van der Waals surface area contributed by atoms with E-state index in [0.717, 1.165) is 25.7 Å². The Bertz CT molecular complexity index is 652. The minimum atomic E-state index is -1.02. The lowest BCUT2D eigenvalue weighted by Gasteiger charge is -2.19. The van der Waals surface area contributed by atoms with Crippen LogP contribution in [0, 0.1) is 0 Å². The van der Waals surface area contributed by atoms with Gasteiger partial charge >= 0.3 is 5.97 Å². The van der Waals surface area contributed by atoms with Crippen molar-refractivity contribution < 1.29 is 14.3 Å². The number of nitrogens with zero attached hydrogens (tertiary/aromatic N) is 1. The molecule has 2 aromatic rings. The van der Waals surface area contributed by atoms with Gasteiger partial charge in [0.25, 0.3) is 5.91 Å². The molecule has 0 aliphatic heterocycles. The number of ether oxygens (including phenoxy) is 1. The highest BCUT2D eigenvalue weighted by molar-refractivity contribution is 7.11. The van der Waals surface area contributed by atoms with E-state index in [4.69, 9.17) is 4.74 Å². The maximum atomic E-state index is 12.6. The number of carbonyl (C=O) groups excluding carboxylic acids is 2. The van der Waals surface area contributed by atoms with Gasteiger partial charge < -0.3 is 10.1 Å². The van der Waals surface area contributed by atoms with E-state index in [9.17, 15) is 9.59 Å². The largest absolute Gasteiger partial charge is 0.441 e. The molecule has 1 atom stereocenters. The summed E-state index contributed by atoms with van der Waals surface area (Å²) in [5, 5.41) is 4.77. The van der Waals surface area contributed by atoms with Crippen molar-refractivity contribution >= 4 is 23.2 Å². The first-order valence-corrected chi connectivity index (χ1v) is 8.58. The Morgan fingerprint density at radius 2 is 2.04 bits per heavy atom. The fourth-order valence-electron chi connectivity index (χ4n) is 2.69. The normalized spacial score (nSPS) is 16.0. The van der Waals surface area contributed by atoms with Crippen molar-refractivity contribution in [3.8, 4) is 0 Å². The van der Waals surface area contributed by atoms with Gasteiger partial charge in [0.15, 0.2) is 0 Å². The molecule has 0 saturated heterocycles. The van der Waals surface area contributed by atoms with Crippen LogP contribution in [0.4, 0.5) is 0 Å². The van der Waals surface area contributed by atoms with Gasteiger partial charge in [0, 0.05) is 12.2 Å². The average Bonchev–Trinajstić information content (AvgIpc) is 3.26. The number of hydrogen-bond donors (Lipinski definition) is 1. The van der Waals surface area contributed by atoms with Gasteiger partial charge in [0.1, 0.15) is 4.88 Å². The number of nitrogens with one attached hydrogen (secondary N) is 1. The van der Waals surface area contributed by atoms with E-state index >= 15 is 0 Å². The quantitative estimate of drug-likeness (QED) is 0.855. The highest BCUT2D eigenvalue weighted by Crippen LogP contribution is 2.22. The summed E-state index contributed by atoms with van der Waals surface area (Å²) in [5.74, 6) is -0.808. The third-order valence-corrected chi connectivity index (χ3v) is 4.69. The van der Waals surface area contributed by atoms with E-state index in [1.165, 1.54) is 11.3 Å². The Hall–Kier alpha value is -2.21. The van der Waals surface area contributed by atoms with Crippen LogP contribution in [0.1, 0.15) is 47.2 Å². The summed E-state index contributed by atoms with van der Waals surface area (Å²) < 4.78 is 5.45. The second-order valence-electron chi connectivity index (χ2n) is 5.51. The van der Waals surface area contributed by atoms with E-state index in [0.29, 0.717) is 10.6 Å². The number of rotatable bonds is 5. The van der Waals surface area contributed by atoms with Gasteiger partial charge in [0.05, 0.1) is 5.69 Å². The highest BCUT2D eigenvalue weighted by Gasteiger charge is 2.29. The summed E-state index contributed by atoms with van der Waals surface area (Å²) in [6.07, 6.45) is 4.75. The Morgan fingerprint density at radius 3 is 2.70 bits per heavy atom. The van der Waals surface area contributed by atoms with Gasteiger partial charge in [-0.2, -0.15) is 0 Å². The van der Waals surface area contributed by atoms with Gasteiger partial charge in [0.2, 0.25) is 6.10 Å². The van der Waals surface area contributed by atoms with Crippen LogP contribution in [-0.2, 0) is 9.53 Å². The standard InChI is InChI=1S/C17H18N2O3S/c20-16(19-12-6-1-2-7-12)15(13-8-3-4-10-18-13)22-17(21)14-9-5-11-23-14/h3-5,8-12,15H,1-2,6-7H2,(H,19,20)/t15-/m0/s1. The van der Waals surface area contributed by atoms with Crippen molar-refractivity contribution in [1.29, 1.82) is 0 Å². The smallest absolute Gasteiger partial charge is 0.349 e. The third kappa shape index (κ3) is 3.96. The first-order chi connectivity index (χ1) is 11.2. The fourth-order valence-corrected chi connectivity index (χ4v) is 3.29. The molecule has 2 heterocycles. The molecule has 1 aliphatic rings. The minimum Gasteiger partial charge on any atom is -0.441 e. The molecule has 1 amide bonds. The minimum absolute atomic E-state index is 0.161. The molecular formula is C17H18N2O3S. The molecule has 0 unspecified atom stereocenters. The number of aromatic nitrogens is 1. The molecule has 0 bridgehead atoms. The van der Waals surface area contributed by atoms with E-state index in [2.05, 4.69) is 10.3 Å². The molecule has 1 fully saturated rings. The fraction of sp³-hybridized carbons (Fsp3) is 0.353. The summed E-state index contributed by atoms with van der Waals surface area (Å²) in [6, 6.07) is 8.84. The van der Waals surface area contributed by atoms with Crippen molar-refractivity contribution in [3.05, 3.63) is 52.5 Å². The number of esters is 1. The Balaban J connectivity index is 1.76. The number of pyridine rings is 1. The monoisotopic (exact) mass is 330 g/mol. The van der Waals surface area contributed by atoms with Crippen LogP contribution in [0.25, 0.3) is 0 Å². The summed E-state index contributed by atoms with van der Waals surface area (Å²) >= 11 is 1.29. The maximum Gasteiger partial charge on any atom is 0.349 e. The number of amides is 1. The van der Waals surface area contributed by atoms with Crippen LogP contribution in [0.2, 0.25) is 0 Å². The summed E-state index contributed by atoms with van der Waals surface area (Å²) in [6.45, 7) is 0. The van der Waals surface area contributed by atoms with Crippen molar-refractivity contribution in [2.45, 2.75) is 37.8 Å². The zero-order valence-electron chi connectivity index (χ0n) is 12.6. The SMILES string of the molecule is O=C(O[C@H](C(=O)NC1CCCC1)c1ccccn1)c1cccs1. The summed E-state index contributed by atoms with van der Waals surface area (Å²) in [7, 11) is 0. The Kier molecular flexibility index (Phi) is 5.02. The molecule has 23 heavy (non-hydrogen) atoms. The average molecular weight is 330 g/mol. The van der Waals surface area contributed by atoms with Crippen LogP contribution in [0.5, 0.6) is 0 Å². The van der Waals surface area contributed by atoms with E-state index in [1.54, 1.807) is 41.9 Å². The highest BCUT2D eigenvalue weighted by atomic mass is 32.1. The molecule has 1 aliphatic carbocycles. The van der Waals surface area contributed by atoms with Crippen LogP contribution >= 0.6 is 11.3 Å². The molecule has 2 aromatic heterocycles. The Labute approximate surface area is 138 Å². The molecule has 0 radical (unpaired) electrons. The summed E-state index contributed by atoms with van der Waals surface area (Å²) in [4.78, 5) is 29.4. The molecule has 1 N–H and O–H groups in total. The van der Waals surface area contributed by atoms with Crippen molar-refractivity contribution in [3.63, 3.8) is 0 Å².